The number of aliphatic hydroxyl groups excluding tert-OH is 2. The molecule has 2 saturated carbocycles. The molecule has 45 heavy (non-hydrogen) atoms. The highest BCUT2D eigenvalue weighted by atomic mass is 16.8. The first kappa shape index (κ1) is 28.8. The normalized spacial score (nSPS) is 43.8. The molecule has 6 unspecified atom stereocenters. The lowest BCUT2D eigenvalue weighted by Crippen LogP contribution is -2.68. The number of hydrogen-bond donors (Lipinski definition) is 3. The third-order valence-electron chi connectivity index (χ3n) is 11.3. The van der Waals surface area contributed by atoms with Gasteiger partial charge >= 0.3 is 17.9 Å². The van der Waals surface area contributed by atoms with Crippen LogP contribution >= 0.6 is 0 Å². The Kier molecular flexibility index (Phi) is 5.61. The highest BCUT2D eigenvalue weighted by molar-refractivity contribution is 6.09. The number of carbonyl (C=O) groups is 4. The molecule has 0 bridgehead atoms. The van der Waals surface area contributed by atoms with Crippen LogP contribution in [0.4, 0.5) is 0 Å². The van der Waals surface area contributed by atoms with E-state index >= 15 is 0 Å². The molecule has 6 aliphatic rings. The summed E-state index contributed by atoms with van der Waals surface area (Å²) in [6.07, 6.45) is -9.58. The van der Waals surface area contributed by atoms with Gasteiger partial charge in [0.2, 0.25) is 11.9 Å². The van der Waals surface area contributed by atoms with Crippen molar-refractivity contribution in [2.24, 2.45) is 22.2 Å². The van der Waals surface area contributed by atoms with Gasteiger partial charge in [-0.1, -0.05) is 75.4 Å². The molecule has 4 heterocycles. The van der Waals surface area contributed by atoms with Crippen LogP contribution in [-0.2, 0) is 44.7 Å². The highest BCUT2D eigenvalue weighted by Gasteiger charge is 3.04. The van der Waals surface area contributed by atoms with Crippen LogP contribution < -0.4 is 0 Å². The van der Waals surface area contributed by atoms with Crippen molar-refractivity contribution in [2.75, 3.05) is 0 Å². The maximum atomic E-state index is 13.8. The molecule has 2 aromatic rings. The summed E-state index contributed by atoms with van der Waals surface area (Å²) in [5.41, 5.74) is -7.68. The van der Waals surface area contributed by atoms with Gasteiger partial charge < -0.3 is 39.0 Å². The number of carbonyl (C=O) groups excluding carboxylic acids is 4. The topological polar surface area (TPSA) is 175 Å². The number of ether oxygens (including phenoxy) is 5. The van der Waals surface area contributed by atoms with Gasteiger partial charge in [-0.15, -0.1) is 0 Å². The third-order valence-corrected chi connectivity index (χ3v) is 11.3. The summed E-state index contributed by atoms with van der Waals surface area (Å²) in [6, 6.07) is 15.6. The Hall–Kier alpha value is -3.68. The van der Waals surface area contributed by atoms with Gasteiger partial charge in [0.1, 0.15) is 12.2 Å². The van der Waals surface area contributed by atoms with E-state index in [1.807, 2.05) is 26.8 Å². The first-order valence-corrected chi connectivity index (χ1v) is 15.0. The quantitative estimate of drug-likeness (QED) is 0.244. The van der Waals surface area contributed by atoms with E-state index in [2.05, 4.69) is 0 Å². The molecule has 2 aromatic carbocycles. The fourth-order valence-electron chi connectivity index (χ4n) is 9.75. The van der Waals surface area contributed by atoms with Crippen LogP contribution in [-0.4, -0.2) is 87.0 Å². The predicted molar refractivity (Wildman–Crippen MR) is 148 cm³/mol. The van der Waals surface area contributed by atoms with Crippen LogP contribution in [0.5, 0.6) is 0 Å². The lowest BCUT2D eigenvalue weighted by Gasteiger charge is -2.48. The monoisotopic (exact) mass is 620 g/mol. The molecule has 0 radical (unpaired) electrons. The molecule has 4 aliphatic heterocycles. The van der Waals surface area contributed by atoms with E-state index in [0.29, 0.717) is 16.7 Å². The smallest absolute Gasteiger partial charge is 0.343 e. The summed E-state index contributed by atoms with van der Waals surface area (Å²) in [5.74, 6) is -3.78. The van der Waals surface area contributed by atoms with Crippen molar-refractivity contribution in [3.63, 3.8) is 0 Å². The Morgan fingerprint density at radius 2 is 1.60 bits per heavy atom. The molecule has 2 aliphatic carbocycles. The third kappa shape index (κ3) is 2.96. The first-order valence-electron chi connectivity index (χ1n) is 15.0. The van der Waals surface area contributed by atoms with Crippen molar-refractivity contribution in [3.05, 3.63) is 71.3 Å². The van der Waals surface area contributed by atoms with Crippen LogP contribution in [0.3, 0.4) is 0 Å². The molecule has 11 atom stereocenters. The molecule has 4 saturated heterocycles. The van der Waals surface area contributed by atoms with E-state index in [-0.39, 0.29) is 18.8 Å². The number of rotatable bonds is 5. The summed E-state index contributed by atoms with van der Waals surface area (Å²) in [6.45, 7) is 5.67. The minimum absolute atomic E-state index is 0.116. The maximum absolute atomic E-state index is 13.8. The average molecular weight is 621 g/mol. The second-order valence-corrected chi connectivity index (χ2v) is 14.0. The molecular formula is C33H32O12. The summed E-state index contributed by atoms with van der Waals surface area (Å²) in [4.78, 5) is 52.9. The van der Waals surface area contributed by atoms with Gasteiger partial charge in [-0.25, -0.2) is 14.4 Å². The van der Waals surface area contributed by atoms with Crippen molar-refractivity contribution in [1.29, 1.82) is 0 Å². The van der Waals surface area contributed by atoms with E-state index in [1.165, 1.54) is 0 Å². The Bertz CT molecular complexity index is 1650. The van der Waals surface area contributed by atoms with E-state index in [4.69, 9.17) is 23.7 Å². The van der Waals surface area contributed by atoms with Gasteiger partial charge in [0.05, 0.1) is 17.4 Å². The standard InChI is InChI=1S/C33H32O12/c1-29(2,3)18-13-19-31-21(35)23-32(40,22(36)25(37)43-23)33(31,27(39)42-19)45-28-30(18,31)24(26(38)44-28)41-14-15-9-11-17(12-10-15)20(34)16-7-5-4-6-8-16/h4-12,18-19,21-24,28,35-36,40H,13-14H2,1-3H3/t18-,19?,21-,22+,23?,24-,28?,30?,31?,32+,33?/m0/s1. The van der Waals surface area contributed by atoms with E-state index in [1.54, 1.807) is 48.5 Å². The van der Waals surface area contributed by atoms with Gasteiger partial charge in [0.15, 0.2) is 29.7 Å². The summed E-state index contributed by atoms with van der Waals surface area (Å²) in [7, 11) is 0. The zero-order valence-electron chi connectivity index (χ0n) is 24.7. The van der Waals surface area contributed by atoms with Crippen LogP contribution in [0.25, 0.3) is 0 Å². The van der Waals surface area contributed by atoms with Crippen molar-refractivity contribution in [2.45, 2.75) is 81.8 Å². The Morgan fingerprint density at radius 3 is 2.27 bits per heavy atom. The van der Waals surface area contributed by atoms with E-state index in [0.717, 1.165) is 0 Å². The second-order valence-electron chi connectivity index (χ2n) is 14.0. The molecule has 2 spiro atoms. The van der Waals surface area contributed by atoms with Gasteiger partial charge in [-0.2, -0.15) is 0 Å². The lowest BCUT2D eigenvalue weighted by molar-refractivity contribution is -0.245. The van der Waals surface area contributed by atoms with Crippen molar-refractivity contribution >= 4 is 23.7 Å². The molecular weight excluding hydrogens is 588 g/mol. The molecule has 3 N–H and O–H groups in total. The van der Waals surface area contributed by atoms with Gasteiger partial charge in [-0.05, 0) is 23.3 Å². The van der Waals surface area contributed by atoms with E-state index in [9.17, 15) is 34.5 Å². The average Bonchev–Trinajstić information content (AvgIpc) is 3.73. The molecule has 12 nitrogen and oxygen atoms in total. The maximum Gasteiger partial charge on any atom is 0.343 e. The zero-order valence-corrected chi connectivity index (χ0v) is 24.7. The Labute approximate surface area is 257 Å². The molecule has 12 heteroatoms. The van der Waals surface area contributed by atoms with Crippen LogP contribution in [0.15, 0.2) is 54.6 Å². The van der Waals surface area contributed by atoms with Crippen molar-refractivity contribution < 1.29 is 58.2 Å². The molecule has 0 aromatic heterocycles. The van der Waals surface area contributed by atoms with Gasteiger partial charge in [-0.3, -0.25) is 4.79 Å². The Morgan fingerprint density at radius 1 is 0.933 bits per heavy atom. The number of fused-ring (bicyclic) bond motifs is 1. The fourth-order valence-corrected chi connectivity index (χ4v) is 9.75. The number of benzene rings is 2. The second kappa shape index (κ2) is 8.77. The van der Waals surface area contributed by atoms with Gasteiger partial charge in [0.25, 0.3) is 0 Å². The largest absolute Gasteiger partial charge is 0.459 e. The summed E-state index contributed by atoms with van der Waals surface area (Å²) >= 11 is 0. The Balaban J connectivity index is 1.21. The molecule has 6 fully saturated rings. The number of hydrogen-bond acceptors (Lipinski definition) is 12. The zero-order chi connectivity index (χ0) is 31.9. The highest BCUT2D eigenvalue weighted by Crippen LogP contribution is 2.84. The van der Waals surface area contributed by atoms with Crippen LogP contribution in [0.1, 0.15) is 48.7 Å². The number of aliphatic hydroxyl groups is 3. The minimum Gasteiger partial charge on any atom is -0.459 e. The fraction of sp³-hybridized carbons (Fsp3) is 0.515. The number of esters is 3. The summed E-state index contributed by atoms with van der Waals surface area (Å²) < 4.78 is 29.6. The molecule has 236 valence electrons. The lowest BCUT2D eigenvalue weighted by atomic mass is 9.51. The van der Waals surface area contributed by atoms with Crippen LogP contribution in [0.2, 0.25) is 0 Å². The number of ketones is 1. The summed E-state index contributed by atoms with van der Waals surface area (Å²) in [5, 5.41) is 35.1. The first-order chi connectivity index (χ1) is 21.3. The van der Waals surface area contributed by atoms with Crippen LogP contribution in [0, 0.1) is 22.2 Å². The van der Waals surface area contributed by atoms with Crippen molar-refractivity contribution in [1.82, 2.24) is 0 Å². The predicted octanol–water partition coefficient (Wildman–Crippen LogP) is 0.811. The molecule has 8 rings (SSSR count). The SMILES string of the molecule is CC(C)(C)[C@@H]1CC2OC(=O)C34OC5OC(=O)[C@H](OCc6ccc(C(=O)c7ccccc7)cc6)C51C23[C@@H](O)C1OC(=O)[C@@H](O)[C@@]14O. The van der Waals surface area contributed by atoms with Gasteiger partial charge in [0, 0.05) is 11.1 Å². The van der Waals surface area contributed by atoms with Crippen molar-refractivity contribution in [3.8, 4) is 0 Å². The minimum atomic E-state index is -2.72. The molecule has 0 amide bonds. The van der Waals surface area contributed by atoms with E-state index < -0.39 is 88.1 Å².